The fourth-order valence-corrected chi connectivity index (χ4v) is 2.80. The smallest absolute Gasteiger partial charge is 0.272 e. The van der Waals surface area contributed by atoms with E-state index in [-0.39, 0.29) is 17.0 Å². The van der Waals surface area contributed by atoms with Crippen LogP contribution in [0.25, 0.3) is 0 Å². The van der Waals surface area contributed by atoms with Crippen molar-refractivity contribution in [2.45, 2.75) is 19.8 Å². The third-order valence-electron chi connectivity index (χ3n) is 4.29. The second kappa shape index (κ2) is 6.69. The number of H-pyrrole nitrogens is 1. The maximum absolute atomic E-state index is 12.1. The highest BCUT2D eigenvalue weighted by Gasteiger charge is 2.16. The molecule has 1 amide bonds. The van der Waals surface area contributed by atoms with E-state index in [1.165, 1.54) is 36.9 Å². The van der Waals surface area contributed by atoms with Gasteiger partial charge in [-0.15, -0.1) is 0 Å². The molecule has 1 aliphatic rings. The van der Waals surface area contributed by atoms with E-state index >= 15 is 0 Å². The molecule has 3 rings (SSSR count). The number of nitrogens with one attached hydrogen (secondary N) is 2. The average molecular weight is 311 g/mol. The van der Waals surface area contributed by atoms with Gasteiger partial charge in [-0.3, -0.25) is 9.59 Å². The Balaban J connectivity index is 1.65. The number of rotatable bonds is 3. The molecule has 2 N–H and O–H groups in total. The lowest BCUT2D eigenvalue weighted by molar-refractivity contribution is 0.102. The molecule has 0 atom stereocenters. The minimum atomic E-state index is -0.317. The highest BCUT2D eigenvalue weighted by Crippen LogP contribution is 2.24. The van der Waals surface area contributed by atoms with Gasteiger partial charge in [-0.1, -0.05) is 6.92 Å². The number of nitrogens with zero attached hydrogens (tertiary/aromatic N) is 1. The maximum atomic E-state index is 12.1. The van der Waals surface area contributed by atoms with Crippen LogP contribution in [0.4, 0.5) is 11.4 Å². The van der Waals surface area contributed by atoms with E-state index in [4.69, 9.17) is 0 Å². The standard InChI is InChI=1S/C18H21N3O2/c1-13-7-10-21(11-8-13)15-4-2-14(3-5-15)20-18(23)17-12-16(22)6-9-19-17/h2-6,9,12-13H,7-8,10-11H2,1H3,(H,19,22)(H,20,23). The summed E-state index contributed by atoms with van der Waals surface area (Å²) in [6.07, 6.45) is 3.91. The Morgan fingerprint density at radius 2 is 1.87 bits per heavy atom. The van der Waals surface area contributed by atoms with Gasteiger partial charge in [0.15, 0.2) is 5.43 Å². The number of hydrogen-bond donors (Lipinski definition) is 2. The van der Waals surface area contributed by atoms with Crippen LogP contribution in [0.5, 0.6) is 0 Å². The molecule has 1 aromatic heterocycles. The van der Waals surface area contributed by atoms with Gasteiger partial charge in [-0.2, -0.15) is 0 Å². The first-order valence-corrected chi connectivity index (χ1v) is 7.97. The van der Waals surface area contributed by atoms with Crippen molar-refractivity contribution in [3.05, 3.63) is 58.5 Å². The number of carbonyl (C=O) groups is 1. The number of aromatic nitrogens is 1. The normalized spacial score (nSPS) is 15.4. The van der Waals surface area contributed by atoms with Crippen LogP contribution in [-0.4, -0.2) is 24.0 Å². The van der Waals surface area contributed by atoms with Gasteiger partial charge in [-0.05, 0) is 43.0 Å². The van der Waals surface area contributed by atoms with Crippen LogP contribution in [0, 0.1) is 5.92 Å². The zero-order valence-corrected chi connectivity index (χ0v) is 13.2. The minimum absolute atomic E-state index is 0.191. The number of amides is 1. The molecular weight excluding hydrogens is 290 g/mol. The third kappa shape index (κ3) is 3.80. The molecule has 0 bridgehead atoms. The topological polar surface area (TPSA) is 65.2 Å². The lowest BCUT2D eigenvalue weighted by Gasteiger charge is -2.32. The van der Waals surface area contributed by atoms with Gasteiger partial charge in [0.1, 0.15) is 5.69 Å². The predicted molar refractivity (Wildman–Crippen MR) is 92.1 cm³/mol. The summed E-state index contributed by atoms with van der Waals surface area (Å²) < 4.78 is 0. The molecule has 0 unspecified atom stereocenters. The number of hydrogen-bond acceptors (Lipinski definition) is 3. The SMILES string of the molecule is CC1CCN(c2ccc(NC(=O)c3cc(=O)cc[nH]3)cc2)CC1. The molecule has 1 saturated heterocycles. The first kappa shape index (κ1) is 15.3. The van der Waals surface area contributed by atoms with Crippen LogP contribution in [0.3, 0.4) is 0 Å². The summed E-state index contributed by atoms with van der Waals surface area (Å²) in [6.45, 7) is 4.46. The van der Waals surface area contributed by atoms with Crippen molar-refractivity contribution in [2.75, 3.05) is 23.3 Å². The van der Waals surface area contributed by atoms with Crippen LogP contribution in [-0.2, 0) is 0 Å². The molecule has 0 saturated carbocycles. The summed E-state index contributed by atoms with van der Waals surface area (Å²) in [6, 6.07) is 10.5. The number of benzene rings is 1. The fourth-order valence-electron chi connectivity index (χ4n) is 2.80. The zero-order chi connectivity index (χ0) is 16.2. The monoisotopic (exact) mass is 311 g/mol. The first-order chi connectivity index (χ1) is 11.1. The Bertz CT molecular complexity index is 728. The molecule has 1 aliphatic heterocycles. The molecular formula is C18H21N3O2. The van der Waals surface area contributed by atoms with E-state index in [1.807, 2.05) is 24.3 Å². The number of anilines is 2. The predicted octanol–water partition coefficient (Wildman–Crippen LogP) is 2.86. The van der Waals surface area contributed by atoms with Gasteiger partial charge in [0.05, 0.1) is 0 Å². The largest absolute Gasteiger partial charge is 0.372 e. The Labute approximate surface area is 135 Å². The fraction of sp³-hybridized carbons (Fsp3) is 0.333. The average Bonchev–Trinajstić information content (AvgIpc) is 2.56. The molecule has 0 aliphatic carbocycles. The molecule has 5 heteroatoms. The van der Waals surface area contributed by atoms with E-state index in [2.05, 4.69) is 22.1 Å². The Morgan fingerprint density at radius 1 is 1.17 bits per heavy atom. The van der Waals surface area contributed by atoms with Crippen molar-refractivity contribution >= 4 is 17.3 Å². The van der Waals surface area contributed by atoms with E-state index in [1.54, 1.807) is 0 Å². The lowest BCUT2D eigenvalue weighted by atomic mass is 9.99. The van der Waals surface area contributed by atoms with Crippen LogP contribution < -0.4 is 15.6 Å². The third-order valence-corrected chi connectivity index (χ3v) is 4.29. The van der Waals surface area contributed by atoms with E-state index < -0.39 is 0 Å². The Kier molecular flexibility index (Phi) is 4.46. The van der Waals surface area contributed by atoms with Crippen molar-refractivity contribution < 1.29 is 4.79 Å². The summed E-state index contributed by atoms with van der Waals surface area (Å²) in [5.74, 6) is 0.486. The Hall–Kier alpha value is -2.56. The minimum Gasteiger partial charge on any atom is -0.372 e. The maximum Gasteiger partial charge on any atom is 0.272 e. The summed E-state index contributed by atoms with van der Waals surface area (Å²) in [5.41, 5.74) is 1.96. The molecule has 120 valence electrons. The van der Waals surface area contributed by atoms with E-state index in [0.29, 0.717) is 5.69 Å². The van der Waals surface area contributed by atoms with Crippen LogP contribution in [0.15, 0.2) is 47.4 Å². The van der Waals surface area contributed by atoms with Gasteiger partial charge >= 0.3 is 0 Å². The van der Waals surface area contributed by atoms with Crippen molar-refractivity contribution in [3.8, 4) is 0 Å². The van der Waals surface area contributed by atoms with Crippen molar-refractivity contribution in [1.29, 1.82) is 0 Å². The lowest BCUT2D eigenvalue weighted by Crippen LogP contribution is -2.32. The summed E-state index contributed by atoms with van der Waals surface area (Å²) in [5, 5.41) is 2.80. The molecule has 0 radical (unpaired) electrons. The summed E-state index contributed by atoms with van der Waals surface area (Å²) in [4.78, 5) is 28.5. The number of aromatic amines is 1. The van der Waals surface area contributed by atoms with E-state index in [0.717, 1.165) is 19.0 Å². The van der Waals surface area contributed by atoms with E-state index in [9.17, 15) is 9.59 Å². The molecule has 0 spiro atoms. The van der Waals surface area contributed by atoms with Gasteiger partial charge < -0.3 is 15.2 Å². The highest BCUT2D eigenvalue weighted by molar-refractivity contribution is 6.02. The van der Waals surface area contributed by atoms with Crippen molar-refractivity contribution in [1.82, 2.24) is 4.98 Å². The summed E-state index contributed by atoms with van der Waals surface area (Å²) in [7, 11) is 0. The first-order valence-electron chi connectivity index (χ1n) is 7.97. The molecule has 2 aromatic rings. The second-order valence-electron chi connectivity index (χ2n) is 6.11. The van der Waals surface area contributed by atoms with Crippen LogP contribution in [0.2, 0.25) is 0 Å². The number of pyridine rings is 1. The van der Waals surface area contributed by atoms with Crippen molar-refractivity contribution in [2.24, 2.45) is 5.92 Å². The van der Waals surface area contributed by atoms with Gasteiger partial charge in [-0.25, -0.2) is 0 Å². The van der Waals surface area contributed by atoms with Crippen LogP contribution in [0.1, 0.15) is 30.3 Å². The number of carbonyl (C=O) groups excluding carboxylic acids is 1. The quantitative estimate of drug-likeness (QED) is 0.916. The molecule has 5 nitrogen and oxygen atoms in total. The molecule has 2 heterocycles. The highest BCUT2D eigenvalue weighted by atomic mass is 16.2. The zero-order valence-electron chi connectivity index (χ0n) is 13.2. The van der Waals surface area contributed by atoms with Crippen molar-refractivity contribution in [3.63, 3.8) is 0 Å². The Morgan fingerprint density at radius 3 is 2.52 bits per heavy atom. The summed E-state index contributed by atoms with van der Waals surface area (Å²) >= 11 is 0. The molecule has 1 fully saturated rings. The van der Waals surface area contributed by atoms with Gasteiger partial charge in [0.2, 0.25) is 0 Å². The van der Waals surface area contributed by atoms with Gasteiger partial charge in [0.25, 0.3) is 5.91 Å². The van der Waals surface area contributed by atoms with Gasteiger partial charge in [0, 0.05) is 42.8 Å². The molecule has 23 heavy (non-hydrogen) atoms. The number of piperidine rings is 1. The molecule has 1 aromatic carbocycles. The van der Waals surface area contributed by atoms with Crippen LogP contribution >= 0.6 is 0 Å². The second-order valence-corrected chi connectivity index (χ2v) is 6.11.